The highest BCUT2D eigenvalue weighted by molar-refractivity contribution is 6.30. The number of rotatable bonds is 3. The normalized spacial score (nSPS) is 11.6. The molecule has 0 saturated heterocycles. The highest BCUT2D eigenvalue weighted by Gasteiger charge is 2.15. The molecule has 0 bridgehead atoms. The third-order valence-corrected chi connectivity index (χ3v) is 2.72. The molecule has 18 heavy (non-hydrogen) atoms. The van der Waals surface area contributed by atoms with Crippen LogP contribution in [0.2, 0.25) is 5.02 Å². The first-order valence-corrected chi connectivity index (χ1v) is 5.74. The molecule has 0 aliphatic rings. The second kappa shape index (κ2) is 5.52. The Morgan fingerprint density at radius 2 is 1.89 bits per heavy atom. The molecule has 0 heterocycles. The lowest BCUT2D eigenvalue weighted by Crippen LogP contribution is -2.10. The van der Waals surface area contributed by atoms with Crippen LogP contribution in [0.5, 0.6) is 0 Å². The van der Waals surface area contributed by atoms with Gasteiger partial charge in [-0.15, -0.1) is 0 Å². The smallest absolute Gasteiger partial charge is 0.143 e. The number of hydrogen-bond donors (Lipinski definition) is 1. The van der Waals surface area contributed by atoms with Crippen LogP contribution in [0.1, 0.15) is 11.6 Å². The van der Waals surface area contributed by atoms with E-state index in [1.54, 1.807) is 6.07 Å². The number of halogens is 2. The molecule has 0 aliphatic heterocycles. The van der Waals surface area contributed by atoms with Gasteiger partial charge in [0, 0.05) is 16.3 Å². The van der Waals surface area contributed by atoms with Gasteiger partial charge in [-0.2, -0.15) is 5.26 Å². The lowest BCUT2D eigenvalue weighted by atomic mass is 10.1. The summed E-state index contributed by atoms with van der Waals surface area (Å²) in [6.45, 7) is 0. The Balaban J connectivity index is 2.27. The first-order valence-electron chi connectivity index (χ1n) is 5.37. The van der Waals surface area contributed by atoms with Crippen molar-refractivity contribution in [3.8, 4) is 6.07 Å². The minimum absolute atomic E-state index is 0.283. The maximum atomic E-state index is 13.7. The van der Waals surface area contributed by atoms with Gasteiger partial charge in [0.1, 0.15) is 11.9 Å². The predicted octanol–water partition coefficient (Wildman–Crippen LogP) is 4.16. The van der Waals surface area contributed by atoms with Crippen molar-refractivity contribution in [2.24, 2.45) is 0 Å². The molecule has 0 saturated carbocycles. The largest absolute Gasteiger partial charge is 0.366 e. The molecule has 0 spiro atoms. The molecule has 2 aromatic rings. The van der Waals surface area contributed by atoms with Crippen LogP contribution >= 0.6 is 11.6 Å². The molecule has 2 nitrogen and oxygen atoms in total. The van der Waals surface area contributed by atoms with Crippen molar-refractivity contribution in [2.75, 3.05) is 5.32 Å². The molecular weight excluding hydrogens is 251 g/mol. The van der Waals surface area contributed by atoms with Crippen LogP contribution in [0.25, 0.3) is 0 Å². The quantitative estimate of drug-likeness (QED) is 0.900. The summed E-state index contributed by atoms with van der Waals surface area (Å²) in [5.41, 5.74) is 1.05. The van der Waals surface area contributed by atoms with E-state index in [0.29, 0.717) is 5.02 Å². The van der Waals surface area contributed by atoms with Gasteiger partial charge in [0.25, 0.3) is 0 Å². The van der Waals surface area contributed by atoms with Gasteiger partial charge >= 0.3 is 0 Å². The zero-order valence-electron chi connectivity index (χ0n) is 9.40. The van der Waals surface area contributed by atoms with Crippen molar-refractivity contribution in [3.05, 3.63) is 64.9 Å². The van der Waals surface area contributed by atoms with E-state index in [-0.39, 0.29) is 5.56 Å². The minimum Gasteiger partial charge on any atom is -0.366 e. The second-order valence-corrected chi connectivity index (χ2v) is 4.17. The number of hydrogen-bond acceptors (Lipinski definition) is 2. The molecule has 0 fully saturated rings. The third-order valence-electron chi connectivity index (χ3n) is 2.49. The standard InChI is InChI=1S/C14H10ClFN2/c15-10-6-7-12(13(16)8-10)14(9-17)18-11-4-2-1-3-5-11/h1-8,14,18H. The Hall–Kier alpha value is -2.05. The fourth-order valence-corrected chi connectivity index (χ4v) is 1.78. The second-order valence-electron chi connectivity index (χ2n) is 3.74. The number of nitriles is 1. The molecule has 90 valence electrons. The van der Waals surface area contributed by atoms with Crippen molar-refractivity contribution in [1.82, 2.24) is 0 Å². The van der Waals surface area contributed by atoms with Crippen molar-refractivity contribution in [1.29, 1.82) is 5.26 Å². The van der Waals surface area contributed by atoms with Gasteiger partial charge in [-0.05, 0) is 24.3 Å². The molecule has 0 aliphatic carbocycles. The van der Waals surface area contributed by atoms with E-state index in [0.717, 1.165) is 5.69 Å². The van der Waals surface area contributed by atoms with Gasteiger partial charge in [0.2, 0.25) is 0 Å². The van der Waals surface area contributed by atoms with Crippen molar-refractivity contribution in [3.63, 3.8) is 0 Å². The fraction of sp³-hybridized carbons (Fsp3) is 0.0714. The molecule has 1 atom stereocenters. The predicted molar refractivity (Wildman–Crippen MR) is 69.8 cm³/mol. The Kier molecular flexibility index (Phi) is 3.81. The van der Waals surface area contributed by atoms with Gasteiger partial charge in [-0.3, -0.25) is 0 Å². The molecule has 0 radical (unpaired) electrons. The minimum atomic E-state index is -0.746. The third kappa shape index (κ3) is 2.79. The zero-order chi connectivity index (χ0) is 13.0. The fourth-order valence-electron chi connectivity index (χ4n) is 1.62. The number of nitrogens with one attached hydrogen (secondary N) is 1. The van der Waals surface area contributed by atoms with Crippen LogP contribution in [-0.4, -0.2) is 0 Å². The molecule has 0 aromatic heterocycles. The van der Waals surface area contributed by atoms with Crippen LogP contribution < -0.4 is 5.32 Å². The van der Waals surface area contributed by atoms with Gasteiger partial charge in [-0.1, -0.05) is 35.9 Å². The van der Waals surface area contributed by atoms with E-state index in [2.05, 4.69) is 5.32 Å². The summed E-state index contributed by atoms with van der Waals surface area (Å²) >= 11 is 5.68. The summed E-state index contributed by atoms with van der Waals surface area (Å²) in [6, 6.07) is 14.8. The molecule has 1 unspecified atom stereocenters. The zero-order valence-corrected chi connectivity index (χ0v) is 10.2. The van der Waals surface area contributed by atoms with Gasteiger partial charge in [0.15, 0.2) is 0 Å². The van der Waals surface area contributed by atoms with Crippen molar-refractivity contribution in [2.45, 2.75) is 6.04 Å². The molecule has 2 aromatic carbocycles. The van der Waals surface area contributed by atoms with Crippen LogP contribution in [-0.2, 0) is 0 Å². The summed E-state index contributed by atoms with van der Waals surface area (Å²) < 4.78 is 13.7. The Morgan fingerprint density at radius 1 is 1.17 bits per heavy atom. The molecule has 2 rings (SSSR count). The van der Waals surface area contributed by atoms with Gasteiger partial charge in [0.05, 0.1) is 6.07 Å². The first-order chi connectivity index (χ1) is 8.70. The lowest BCUT2D eigenvalue weighted by Gasteiger charge is -2.14. The van der Waals surface area contributed by atoms with Crippen molar-refractivity contribution < 1.29 is 4.39 Å². The molecule has 4 heteroatoms. The Labute approximate surface area is 110 Å². The highest BCUT2D eigenvalue weighted by atomic mass is 35.5. The Morgan fingerprint density at radius 3 is 2.50 bits per heavy atom. The Bertz CT molecular complexity index is 578. The molecular formula is C14H10ClFN2. The molecule has 0 amide bonds. The molecule has 1 N–H and O–H groups in total. The maximum absolute atomic E-state index is 13.7. The van der Waals surface area contributed by atoms with E-state index in [4.69, 9.17) is 16.9 Å². The SMILES string of the molecule is N#CC(Nc1ccccc1)c1ccc(Cl)cc1F. The summed E-state index contributed by atoms with van der Waals surface area (Å²) in [4.78, 5) is 0. The van der Waals surface area contributed by atoms with Crippen LogP contribution in [0, 0.1) is 17.1 Å². The number of para-hydroxylation sites is 1. The van der Waals surface area contributed by atoms with E-state index < -0.39 is 11.9 Å². The van der Waals surface area contributed by atoms with E-state index >= 15 is 0 Å². The summed E-state index contributed by atoms with van der Waals surface area (Å²) in [5, 5.41) is 12.4. The summed E-state index contributed by atoms with van der Waals surface area (Å²) in [6.07, 6.45) is 0. The van der Waals surface area contributed by atoms with Gasteiger partial charge < -0.3 is 5.32 Å². The first kappa shape index (κ1) is 12.4. The van der Waals surface area contributed by atoms with Crippen LogP contribution in [0.15, 0.2) is 48.5 Å². The highest BCUT2D eigenvalue weighted by Crippen LogP contribution is 2.23. The average molecular weight is 261 g/mol. The number of benzene rings is 2. The number of anilines is 1. The van der Waals surface area contributed by atoms with Crippen LogP contribution in [0.3, 0.4) is 0 Å². The maximum Gasteiger partial charge on any atom is 0.143 e. The average Bonchev–Trinajstić information content (AvgIpc) is 2.38. The van der Waals surface area contributed by atoms with E-state index in [9.17, 15) is 4.39 Å². The summed E-state index contributed by atoms with van der Waals surface area (Å²) in [5.74, 6) is -0.488. The lowest BCUT2D eigenvalue weighted by molar-refractivity contribution is 0.607. The topological polar surface area (TPSA) is 35.8 Å². The van der Waals surface area contributed by atoms with Gasteiger partial charge in [-0.25, -0.2) is 4.39 Å². The van der Waals surface area contributed by atoms with Crippen LogP contribution in [0.4, 0.5) is 10.1 Å². The monoisotopic (exact) mass is 260 g/mol. The number of nitrogens with zero attached hydrogens (tertiary/aromatic N) is 1. The van der Waals surface area contributed by atoms with Crippen molar-refractivity contribution >= 4 is 17.3 Å². The summed E-state index contributed by atoms with van der Waals surface area (Å²) in [7, 11) is 0. The van der Waals surface area contributed by atoms with E-state index in [1.807, 2.05) is 36.4 Å². The van der Waals surface area contributed by atoms with E-state index in [1.165, 1.54) is 12.1 Å².